The Kier molecular flexibility index (Phi) is 3.34. The first-order chi connectivity index (χ1) is 5.74. The van der Waals surface area contributed by atoms with Crippen molar-refractivity contribution < 1.29 is 13.9 Å². The molecule has 0 unspecified atom stereocenters. The van der Waals surface area contributed by atoms with Crippen LogP contribution in [0.25, 0.3) is 0 Å². The van der Waals surface area contributed by atoms with Crippen molar-refractivity contribution in [3.05, 3.63) is 22.6 Å². The Balaban J connectivity index is 2.53. The summed E-state index contributed by atoms with van der Waals surface area (Å²) < 4.78 is 10.4. The van der Waals surface area contributed by atoms with Crippen LogP contribution in [-0.4, -0.2) is 12.6 Å². The Labute approximate surface area is 78.8 Å². The third-order valence-corrected chi connectivity index (χ3v) is 1.64. The molecule has 0 saturated heterocycles. The van der Waals surface area contributed by atoms with Gasteiger partial charge < -0.3 is 9.15 Å². The lowest BCUT2D eigenvalue weighted by molar-refractivity contribution is 0.0467. The Bertz CT molecular complexity index is 267. The highest BCUT2D eigenvalue weighted by Crippen LogP contribution is 2.14. The van der Waals surface area contributed by atoms with Gasteiger partial charge >= 0.3 is 5.97 Å². The minimum atomic E-state index is -0.414. The maximum Gasteiger partial charge on any atom is 0.374 e. The van der Waals surface area contributed by atoms with E-state index in [1.165, 1.54) is 0 Å². The number of halogens is 1. The number of rotatable bonds is 3. The quantitative estimate of drug-likeness (QED) is 0.753. The van der Waals surface area contributed by atoms with Crippen molar-refractivity contribution in [1.29, 1.82) is 0 Å². The summed E-state index contributed by atoms with van der Waals surface area (Å²) in [6.07, 6.45) is 0.813. The van der Waals surface area contributed by atoms with Crippen LogP contribution in [0.5, 0.6) is 0 Å². The summed E-state index contributed by atoms with van der Waals surface area (Å²) in [5.41, 5.74) is 0. The normalized spacial score (nSPS) is 9.83. The zero-order chi connectivity index (χ0) is 8.97. The molecule has 0 atom stereocenters. The van der Waals surface area contributed by atoms with Crippen molar-refractivity contribution in [2.24, 2.45) is 0 Å². The van der Waals surface area contributed by atoms with E-state index in [1.807, 2.05) is 6.92 Å². The van der Waals surface area contributed by atoms with Gasteiger partial charge in [0.2, 0.25) is 5.76 Å². The second-order valence-electron chi connectivity index (χ2n) is 2.24. The van der Waals surface area contributed by atoms with Gasteiger partial charge in [-0.05, 0) is 34.5 Å². The van der Waals surface area contributed by atoms with Crippen LogP contribution in [0, 0.1) is 0 Å². The van der Waals surface area contributed by atoms with Crippen LogP contribution < -0.4 is 0 Å². The Morgan fingerprint density at radius 1 is 1.67 bits per heavy atom. The van der Waals surface area contributed by atoms with Crippen LogP contribution in [0.3, 0.4) is 0 Å². The van der Waals surface area contributed by atoms with Crippen molar-refractivity contribution in [2.45, 2.75) is 13.3 Å². The molecule has 0 saturated carbocycles. The summed E-state index contributed by atoms with van der Waals surface area (Å²) in [5.74, 6) is -0.183. The van der Waals surface area contributed by atoms with Crippen molar-refractivity contribution >= 4 is 21.9 Å². The highest BCUT2D eigenvalue weighted by Gasteiger charge is 2.10. The van der Waals surface area contributed by atoms with Gasteiger partial charge in [-0.1, -0.05) is 6.92 Å². The number of esters is 1. The minimum Gasteiger partial charge on any atom is -0.460 e. The Hall–Kier alpha value is -0.770. The number of ether oxygens (including phenoxy) is 1. The predicted molar refractivity (Wildman–Crippen MR) is 47.0 cm³/mol. The molecule has 4 heteroatoms. The largest absolute Gasteiger partial charge is 0.460 e. The number of hydrogen-bond donors (Lipinski definition) is 0. The molecular formula is C8H9BrO3. The van der Waals surface area contributed by atoms with Gasteiger partial charge in [0.1, 0.15) is 0 Å². The molecule has 0 N–H and O–H groups in total. The van der Waals surface area contributed by atoms with Gasteiger partial charge in [0, 0.05) is 0 Å². The Morgan fingerprint density at radius 2 is 2.42 bits per heavy atom. The average molecular weight is 233 g/mol. The van der Waals surface area contributed by atoms with Gasteiger partial charge in [-0.25, -0.2) is 4.79 Å². The van der Waals surface area contributed by atoms with Crippen LogP contribution in [0.2, 0.25) is 0 Å². The van der Waals surface area contributed by atoms with Gasteiger partial charge in [0.05, 0.1) is 6.61 Å². The molecule has 0 aromatic carbocycles. The summed E-state index contributed by atoms with van der Waals surface area (Å²) in [7, 11) is 0. The van der Waals surface area contributed by atoms with Gasteiger partial charge in [-0.3, -0.25) is 0 Å². The van der Waals surface area contributed by atoms with E-state index in [9.17, 15) is 4.79 Å². The van der Waals surface area contributed by atoms with Crippen molar-refractivity contribution in [2.75, 3.05) is 6.61 Å². The molecule has 1 aromatic heterocycles. The molecule has 12 heavy (non-hydrogen) atoms. The third kappa shape index (κ3) is 2.37. The highest BCUT2D eigenvalue weighted by molar-refractivity contribution is 9.10. The van der Waals surface area contributed by atoms with Gasteiger partial charge in [-0.2, -0.15) is 0 Å². The van der Waals surface area contributed by atoms with E-state index in [1.54, 1.807) is 12.1 Å². The summed E-state index contributed by atoms with van der Waals surface area (Å²) in [5, 5.41) is 0. The van der Waals surface area contributed by atoms with Crippen LogP contribution in [0.4, 0.5) is 0 Å². The fourth-order valence-corrected chi connectivity index (χ4v) is 0.996. The topological polar surface area (TPSA) is 39.4 Å². The number of furan rings is 1. The summed E-state index contributed by atoms with van der Waals surface area (Å²) in [4.78, 5) is 11.1. The molecule has 1 rings (SSSR count). The van der Waals surface area contributed by atoms with Crippen molar-refractivity contribution in [3.8, 4) is 0 Å². The SMILES string of the molecule is CCCOC(=O)c1ccc(Br)o1. The van der Waals surface area contributed by atoms with Crippen molar-refractivity contribution in [1.82, 2.24) is 0 Å². The molecule has 1 heterocycles. The number of hydrogen-bond acceptors (Lipinski definition) is 3. The van der Waals surface area contributed by atoms with E-state index in [0.717, 1.165) is 6.42 Å². The van der Waals surface area contributed by atoms with Crippen LogP contribution in [-0.2, 0) is 4.74 Å². The van der Waals surface area contributed by atoms with E-state index in [2.05, 4.69) is 15.9 Å². The molecule has 0 aliphatic heterocycles. The molecule has 0 aliphatic carbocycles. The van der Waals surface area contributed by atoms with Crippen LogP contribution in [0.1, 0.15) is 23.9 Å². The number of carbonyl (C=O) groups is 1. The van der Waals surface area contributed by atoms with E-state index < -0.39 is 5.97 Å². The lowest BCUT2D eigenvalue weighted by Gasteiger charge is -1.98. The highest BCUT2D eigenvalue weighted by atomic mass is 79.9. The lowest BCUT2D eigenvalue weighted by Crippen LogP contribution is -2.04. The van der Waals surface area contributed by atoms with Crippen molar-refractivity contribution in [3.63, 3.8) is 0 Å². The molecule has 0 bridgehead atoms. The fraction of sp³-hybridized carbons (Fsp3) is 0.375. The maximum absolute atomic E-state index is 11.1. The molecule has 3 nitrogen and oxygen atoms in total. The number of carbonyl (C=O) groups excluding carboxylic acids is 1. The molecule has 66 valence electrons. The zero-order valence-corrected chi connectivity index (χ0v) is 8.26. The third-order valence-electron chi connectivity index (χ3n) is 1.21. The minimum absolute atomic E-state index is 0.232. The average Bonchev–Trinajstić information content (AvgIpc) is 2.47. The molecule has 0 spiro atoms. The first kappa shape index (κ1) is 9.32. The first-order valence-electron chi connectivity index (χ1n) is 3.66. The monoisotopic (exact) mass is 232 g/mol. The standard InChI is InChI=1S/C8H9BrO3/c1-2-5-11-8(10)6-3-4-7(9)12-6/h3-4H,2,5H2,1H3. The van der Waals surface area contributed by atoms with E-state index in [0.29, 0.717) is 11.3 Å². The van der Waals surface area contributed by atoms with Crippen LogP contribution in [0.15, 0.2) is 21.2 Å². The maximum atomic E-state index is 11.1. The van der Waals surface area contributed by atoms with E-state index in [-0.39, 0.29) is 5.76 Å². The van der Waals surface area contributed by atoms with Crippen LogP contribution >= 0.6 is 15.9 Å². The van der Waals surface area contributed by atoms with Gasteiger partial charge in [-0.15, -0.1) is 0 Å². The smallest absolute Gasteiger partial charge is 0.374 e. The zero-order valence-electron chi connectivity index (χ0n) is 6.67. The summed E-state index contributed by atoms with van der Waals surface area (Å²) in [6.45, 7) is 2.36. The molecule has 0 amide bonds. The van der Waals surface area contributed by atoms with E-state index in [4.69, 9.17) is 9.15 Å². The molecule has 1 aromatic rings. The van der Waals surface area contributed by atoms with Gasteiger partial charge in [0.25, 0.3) is 0 Å². The van der Waals surface area contributed by atoms with E-state index >= 15 is 0 Å². The molecule has 0 fully saturated rings. The second-order valence-corrected chi connectivity index (χ2v) is 3.02. The predicted octanol–water partition coefficient (Wildman–Crippen LogP) is 2.61. The molecular weight excluding hydrogens is 224 g/mol. The lowest BCUT2D eigenvalue weighted by atomic mass is 10.4. The fourth-order valence-electron chi connectivity index (χ4n) is 0.690. The molecule has 0 radical (unpaired) electrons. The molecule has 0 aliphatic rings. The Morgan fingerprint density at radius 3 is 2.92 bits per heavy atom. The van der Waals surface area contributed by atoms with Gasteiger partial charge in [0.15, 0.2) is 4.67 Å². The summed E-state index contributed by atoms with van der Waals surface area (Å²) in [6, 6.07) is 3.23. The first-order valence-corrected chi connectivity index (χ1v) is 4.45. The summed E-state index contributed by atoms with van der Waals surface area (Å²) >= 11 is 3.09. The second kappa shape index (κ2) is 4.30.